The number of nitrogens with one attached hydrogen (secondary N) is 1. The van der Waals surface area contributed by atoms with Crippen LogP contribution >= 0.6 is 11.6 Å². The van der Waals surface area contributed by atoms with Crippen molar-refractivity contribution in [3.05, 3.63) is 81.1 Å². The fourth-order valence-electron chi connectivity index (χ4n) is 2.29. The summed E-state index contributed by atoms with van der Waals surface area (Å²) in [7, 11) is 0. The van der Waals surface area contributed by atoms with E-state index in [1.165, 1.54) is 42.6 Å². The minimum absolute atomic E-state index is 0.0526. The normalized spacial score (nSPS) is 11.7. The van der Waals surface area contributed by atoms with Gasteiger partial charge in [-0.1, -0.05) is 11.6 Å². The summed E-state index contributed by atoms with van der Waals surface area (Å²) in [5.41, 5.74) is 2.39. The highest BCUT2D eigenvalue weighted by atomic mass is 35.5. The first-order valence-corrected chi connectivity index (χ1v) is 8.12. The van der Waals surface area contributed by atoms with Gasteiger partial charge in [-0.25, -0.2) is 0 Å². The highest BCUT2D eigenvalue weighted by Gasteiger charge is 2.31. The van der Waals surface area contributed by atoms with Gasteiger partial charge in [-0.3, -0.25) is 15.5 Å². The summed E-state index contributed by atoms with van der Waals surface area (Å²) in [5, 5.41) is 14.6. The minimum atomic E-state index is -4.50. The van der Waals surface area contributed by atoms with E-state index in [1.807, 2.05) is 0 Å². The Balaban J connectivity index is 1.74. The molecule has 0 unspecified atom stereocenters. The number of nitrogens with zero attached hydrogens (tertiary/aromatic N) is 2. The van der Waals surface area contributed by atoms with E-state index in [9.17, 15) is 23.3 Å². The van der Waals surface area contributed by atoms with Crippen molar-refractivity contribution >= 4 is 29.2 Å². The predicted molar refractivity (Wildman–Crippen MR) is 98.5 cm³/mol. The molecular formula is C18H11ClF3N3O3. The quantitative estimate of drug-likeness (QED) is 0.319. The van der Waals surface area contributed by atoms with Crippen molar-refractivity contribution in [3.8, 4) is 11.3 Å². The van der Waals surface area contributed by atoms with Crippen molar-refractivity contribution in [2.24, 2.45) is 5.10 Å². The molecule has 1 heterocycles. The van der Waals surface area contributed by atoms with E-state index in [2.05, 4.69) is 10.5 Å². The van der Waals surface area contributed by atoms with Gasteiger partial charge in [0.15, 0.2) is 0 Å². The number of nitro benzene ring substituents is 1. The first-order chi connectivity index (χ1) is 13.2. The number of non-ortho nitro benzene ring substituents is 1. The van der Waals surface area contributed by atoms with Crippen molar-refractivity contribution in [2.75, 3.05) is 5.43 Å². The van der Waals surface area contributed by atoms with Crippen molar-refractivity contribution in [3.63, 3.8) is 0 Å². The maximum absolute atomic E-state index is 12.9. The lowest BCUT2D eigenvalue weighted by atomic mass is 10.1. The zero-order valence-corrected chi connectivity index (χ0v) is 14.7. The largest absolute Gasteiger partial charge is 0.455 e. The molecule has 2 aromatic carbocycles. The van der Waals surface area contributed by atoms with Crippen LogP contribution in [0.2, 0.25) is 5.02 Å². The number of alkyl halides is 3. The molecule has 1 aromatic heterocycles. The molecule has 0 fully saturated rings. The van der Waals surface area contributed by atoms with Gasteiger partial charge in [0.1, 0.15) is 11.5 Å². The molecule has 10 heteroatoms. The van der Waals surface area contributed by atoms with Crippen molar-refractivity contribution in [1.29, 1.82) is 0 Å². The van der Waals surface area contributed by atoms with E-state index in [-0.39, 0.29) is 27.8 Å². The first kappa shape index (κ1) is 19.4. The Kier molecular flexibility index (Phi) is 5.36. The first-order valence-electron chi connectivity index (χ1n) is 7.74. The molecule has 3 rings (SSSR count). The molecule has 0 aliphatic heterocycles. The molecule has 6 nitrogen and oxygen atoms in total. The van der Waals surface area contributed by atoms with Crippen LogP contribution in [0.1, 0.15) is 11.3 Å². The Bertz CT molecular complexity index is 1030. The Labute approximate surface area is 161 Å². The summed E-state index contributed by atoms with van der Waals surface area (Å²) >= 11 is 5.99. The molecule has 0 atom stereocenters. The monoisotopic (exact) mass is 409 g/mol. The third kappa shape index (κ3) is 4.49. The summed E-state index contributed by atoms with van der Waals surface area (Å²) in [6.07, 6.45) is -3.18. The number of hydrazone groups is 1. The number of benzene rings is 2. The molecule has 0 saturated heterocycles. The number of nitro groups is 1. The minimum Gasteiger partial charge on any atom is -0.455 e. The third-order valence-electron chi connectivity index (χ3n) is 3.65. The number of hydrogen-bond donors (Lipinski definition) is 1. The predicted octanol–water partition coefficient (Wildman–Crippen LogP) is 5.97. The van der Waals surface area contributed by atoms with Gasteiger partial charge in [0.25, 0.3) is 5.69 Å². The number of anilines is 1. The molecule has 0 amide bonds. The summed E-state index contributed by atoms with van der Waals surface area (Å²) in [4.78, 5) is 10.1. The SMILES string of the molecule is O=[N+]([O-])c1ccc(NN=Cc2ccc(-c3cc(C(F)(F)F)ccc3Cl)o2)cc1. The Morgan fingerprint density at radius 3 is 2.46 bits per heavy atom. The topological polar surface area (TPSA) is 80.7 Å². The zero-order valence-electron chi connectivity index (χ0n) is 13.9. The van der Waals surface area contributed by atoms with Gasteiger partial charge < -0.3 is 4.42 Å². The highest BCUT2D eigenvalue weighted by Crippen LogP contribution is 2.36. The van der Waals surface area contributed by atoms with E-state index in [0.29, 0.717) is 5.69 Å². The standard InChI is InChI=1S/C18H11ClF3N3O3/c19-16-7-1-11(18(20,21)22)9-15(16)17-8-6-14(28-17)10-23-24-12-2-4-13(5-3-12)25(26)27/h1-10,24H. The average molecular weight is 410 g/mol. The average Bonchev–Trinajstić information content (AvgIpc) is 3.10. The third-order valence-corrected chi connectivity index (χ3v) is 3.98. The van der Waals surface area contributed by atoms with Crippen LogP contribution in [-0.4, -0.2) is 11.1 Å². The van der Waals surface area contributed by atoms with Crippen LogP contribution in [0.15, 0.2) is 64.1 Å². The Morgan fingerprint density at radius 1 is 1.11 bits per heavy atom. The van der Waals surface area contributed by atoms with Gasteiger partial charge >= 0.3 is 6.18 Å². The van der Waals surface area contributed by atoms with Crippen LogP contribution in [0.5, 0.6) is 0 Å². The van der Waals surface area contributed by atoms with Gasteiger partial charge in [-0.05, 0) is 42.5 Å². The maximum atomic E-state index is 12.9. The second kappa shape index (κ2) is 7.73. The molecule has 0 bridgehead atoms. The molecule has 0 aliphatic rings. The fourth-order valence-corrected chi connectivity index (χ4v) is 2.50. The van der Waals surface area contributed by atoms with Gasteiger partial charge in [-0.2, -0.15) is 18.3 Å². The van der Waals surface area contributed by atoms with E-state index >= 15 is 0 Å². The molecule has 0 aliphatic carbocycles. The summed E-state index contributed by atoms with van der Waals surface area (Å²) in [6, 6.07) is 11.6. The van der Waals surface area contributed by atoms with Crippen molar-refractivity contribution < 1.29 is 22.5 Å². The van der Waals surface area contributed by atoms with Crippen LogP contribution < -0.4 is 5.43 Å². The Hall–Kier alpha value is -3.33. The van der Waals surface area contributed by atoms with Crippen LogP contribution in [0.25, 0.3) is 11.3 Å². The highest BCUT2D eigenvalue weighted by molar-refractivity contribution is 6.33. The van der Waals surface area contributed by atoms with Crippen LogP contribution in [-0.2, 0) is 6.18 Å². The number of halogens is 4. The maximum Gasteiger partial charge on any atom is 0.416 e. The van der Waals surface area contributed by atoms with E-state index in [4.69, 9.17) is 16.0 Å². The van der Waals surface area contributed by atoms with Crippen LogP contribution in [0, 0.1) is 10.1 Å². The summed E-state index contributed by atoms with van der Waals surface area (Å²) in [6.45, 7) is 0. The van der Waals surface area contributed by atoms with E-state index in [0.717, 1.165) is 18.2 Å². The molecule has 144 valence electrons. The van der Waals surface area contributed by atoms with Crippen LogP contribution in [0.3, 0.4) is 0 Å². The molecule has 0 radical (unpaired) electrons. The molecular weight excluding hydrogens is 399 g/mol. The summed E-state index contributed by atoms with van der Waals surface area (Å²) in [5.74, 6) is 0.436. The van der Waals surface area contributed by atoms with Gasteiger partial charge in [0.2, 0.25) is 0 Å². The smallest absolute Gasteiger partial charge is 0.416 e. The summed E-state index contributed by atoms with van der Waals surface area (Å²) < 4.78 is 44.1. The van der Waals surface area contributed by atoms with Crippen molar-refractivity contribution in [2.45, 2.75) is 6.18 Å². The second-order valence-electron chi connectivity index (χ2n) is 5.57. The second-order valence-corrected chi connectivity index (χ2v) is 5.98. The van der Waals surface area contributed by atoms with E-state index < -0.39 is 16.7 Å². The fraction of sp³-hybridized carbons (Fsp3) is 0.0556. The van der Waals surface area contributed by atoms with Crippen molar-refractivity contribution in [1.82, 2.24) is 0 Å². The lowest BCUT2D eigenvalue weighted by Gasteiger charge is -2.09. The number of furan rings is 1. The molecule has 28 heavy (non-hydrogen) atoms. The van der Waals surface area contributed by atoms with Crippen LogP contribution in [0.4, 0.5) is 24.5 Å². The zero-order chi connectivity index (χ0) is 20.3. The van der Waals surface area contributed by atoms with Gasteiger partial charge in [-0.15, -0.1) is 0 Å². The molecule has 0 saturated carbocycles. The molecule has 1 N–H and O–H groups in total. The molecule has 0 spiro atoms. The lowest BCUT2D eigenvalue weighted by Crippen LogP contribution is -2.04. The number of hydrogen-bond acceptors (Lipinski definition) is 5. The van der Waals surface area contributed by atoms with E-state index in [1.54, 1.807) is 0 Å². The molecule has 3 aromatic rings. The van der Waals surface area contributed by atoms with Gasteiger partial charge in [0.05, 0.1) is 27.4 Å². The number of rotatable bonds is 5. The lowest BCUT2D eigenvalue weighted by molar-refractivity contribution is -0.384. The Morgan fingerprint density at radius 2 is 1.82 bits per heavy atom. The van der Waals surface area contributed by atoms with Gasteiger partial charge in [0, 0.05) is 17.7 Å².